The Bertz CT molecular complexity index is 233. The van der Waals surface area contributed by atoms with Crippen LogP contribution in [0, 0.1) is 5.92 Å². The van der Waals surface area contributed by atoms with Crippen LogP contribution in [0.25, 0.3) is 0 Å². The molecule has 0 aromatic heterocycles. The number of urea groups is 1. The van der Waals surface area contributed by atoms with Gasteiger partial charge in [0.05, 0.1) is 5.92 Å². The van der Waals surface area contributed by atoms with Crippen LogP contribution in [0.3, 0.4) is 0 Å². The van der Waals surface area contributed by atoms with E-state index in [-0.39, 0.29) is 13.0 Å². The van der Waals surface area contributed by atoms with E-state index in [0.717, 1.165) is 0 Å². The predicted octanol–water partition coefficient (Wildman–Crippen LogP) is 0.569. The first kappa shape index (κ1) is 9.88. The van der Waals surface area contributed by atoms with Crippen molar-refractivity contribution < 1.29 is 18.4 Å². The smallest absolute Gasteiger partial charge is 0.321 e. The lowest BCUT2D eigenvalue weighted by atomic mass is 9.98. The second kappa shape index (κ2) is 3.68. The first-order chi connectivity index (χ1) is 6.04. The Hall–Kier alpha value is -1.20. The second-order valence-corrected chi connectivity index (χ2v) is 2.91. The number of rotatable bonds is 1. The van der Waals surface area contributed by atoms with E-state index < -0.39 is 24.3 Å². The lowest BCUT2D eigenvalue weighted by Crippen LogP contribution is -2.49. The number of piperidine rings is 1. The average Bonchev–Trinajstić information content (AvgIpc) is 2.03. The van der Waals surface area contributed by atoms with Crippen LogP contribution in [0.15, 0.2) is 0 Å². The van der Waals surface area contributed by atoms with Crippen molar-refractivity contribution in [2.45, 2.75) is 19.3 Å². The van der Waals surface area contributed by atoms with Gasteiger partial charge in [0.25, 0.3) is 0 Å². The standard InChI is InChI=1S/C7H10F2N2O2/c8-5(9)4-2-1-3-11(6(4)12)7(10)13/h4-5H,1-3H2,(H2,10,13). The van der Waals surface area contributed by atoms with Crippen LogP contribution >= 0.6 is 0 Å². The van der Waals surface area contributed by atoms with Crippen molar-refractivity contribution in [1.29, 1.82) is 0 Å². The van der Waals surface area contributed by atoms with Crippen molar-refractivity contribution >= 4 is 11.9 Å². The highest BCUT2D eigenvalue weighted by molar-refractivity contribution is 5.95. The minimum atomic E-state index is -2.71. The summed E-state index contributed by atoms with van der Waals surface area (Å²) in [5.41, 5.74) is 4.84. The number of amides is 3. The van der Waals surface area contributed by atoms with Gasteiger partial charge in [0.1, 0.15) is 0 Å². The van der Waals surface area contributed by atoms with E-state index in [9.17, 15) is 18.4 Å². The molecule has 0 bridgehead atoms. The van der Waals surface area contributed by atoms with Gasteiger partial charge in [-0.1, -0.05) is 0 Å². The molecule has 0 saturated carbocycles. The molecule has 13 heavy (non-hydrogen) atoms. The van der Waals surface area contributed by atoms with Crippen LogP contribution in [0.4, 0.5) is 13.6 Å². The molecule has 0 aromatic rings. The number of primary amides is 1. The van der Waals surface area contributed by atoms with E-state index in [2.05, 4.69) is 0 Å². The Balaban J connectivity index is 2.72. The van der Waals surface area contributed by atoms with Gasteiger partial charge in [-0.3, -0.25) is 9.69 Å². The van der Waals surface area contributed by atoms with Gasteiger partial charge < -0.3 is 5.73 Å². The van der Waals surface area contributed by atoms with E-state index in [1.807, 2.05) is 0 Å². The molecule has 1 atom stereocenters. The minimum Gasteiger partial charge on any atom is -0.351 e. The number of carbonyl (C=O) groups excluding carboxylic acids is 2. The van der Waals surface area contributed by atoms with Crippen LogP contribution in [0.5, 0.6) is 0 Å². The molecule has 6 heteroatoms. The molecular weight excluding hydrogens is 182 g/mol. The number of likely N-dealkylation sites (tertiary alicyclic amines) is 1. The first-order valence-corrected chi connectivity index (χ1v) is 3.93. The summed E-state index contributed by atoms with van der Waals surface area (Å²) in [4.78, 5) is 22.4. The third kappa shape index (κ3) is 1.93. The number of imide groups is 1. The normalized spacial score (nSPS) is 23.8. The average molecular weight is 192 g/mol. The predicted molar refractivity (Wildman–Crippen MR) is 40.0 cm³/mol. The lowest BCUT2D eigenvalue weighted by molar-refractivity contribution is -0.140. The summed E-state index contributed by atoms with van der Waals surface area (Å²) in [6, 6.07) is -0.949. The summed E-state index contributed by atoms with van der Waals surface area (Å²) in [7, 11) is 0. The van der Waals surface area contributed by atoms with Crippen molar-refractivity contribution in [3.63, 3.8) is 0 Å². The van der Waals surface area contributed by atoms with Crippen LogP contribution in [-0.2, 0) is 4.79 Å². The Morgan fingerprint density at radius 1 is 1.62 bits per heavy atom. The van der Waals surface area contributed by atoms with Crippen molar-refractivity contribution in [2.75, 3.05) is 6.54 Å². The number of hydrogen-bond donors (Lipinski definition) is 1. The summed E-state index contributed by atoms with van der Waals surface area (Å²) < 4.78 is 24.4. The molecule has 1 aliphatic heterocycles. The maximum atomic E-state index is 12.2. The second-order valence-electron chi connectivity index (χ2n) is 2.91. The molecule has 74 valence electrons. The molecule has 3 amide bonds. The van der Waals surface area contributed by atoms with Crippen LogP contribution in [-0.4, -0.2) is 29.8 Å². The van der Waals surface area contributed by atoms with Crippen molar-refractivity contribution in [2.24, 2.45) is 11.7 Å². The van der Waals surface area contributed by atoms with Crippen LogP contribution < -0.4 is 5.73 Å². The van der Waals surface area contributed by atoms with E-state index >= 15 is 0 Å². The molecule has 4 nitrogen and oxygen atoms in total. The number of nitrogens with two attached hydrogens (primary N) is 1. The zero-order chi connectivity index (χ0) is 10.0. The topological polar surface area (TPSA) is 63.4 Å². The van der Waals surface area contributed by atoms with Gasteiger partial charge in [0.15, 0.2) is 0 Å². The fraction of sp³-hybridized carbons (Fsp3) is 0.714. The highest BCUT2D eigenvalue weighted by Crippen LogP contribution is 2.23. The van der Waals surface area contributed by atoms with E-state index in [1.54, 1.807) is 0 Å². The minimum absolute atomic E-state index is 0.125. The van der Waals surface area contributed by atoms with Crippen molar-refractivity contribution in [1.82, 2.24) is 4.90 Å². The Labute approximate surface area is 73.7 Å². The molecule has 0 spiro atoms. The highest BCUT2D eigenvalue weighted by atomic mass is 19.3. The molecule has 0 aromatic carbocycles. The fourth-order valence-corrected chi connectivity index (χ4v) is 1.36. The molecule has 1 fully saturated rings. The SMILES string of the molecule is NC(=O)N1CCCC(C(F)F)C1=O. The van der Waals surface area contributed by atoms with E-state index in [4.69, 9.17) is 5.73 Å². The maximum Gasteiger partial charge on any atom is 0.321 e. The van der Waals surface area contributed by atoms with Gasteiger partial charge in [-0.05, 0) is 12.8 Å². The highest BCUT2D eigenvalue weighted by Gasteiger charge is 2.37. The van der Waals surface area contributed by atoms with Crippen molar-refractivity contribution in [3.05, 3.63) is 0 Å². The zero-order valence-electron chi connectivity index (χ0n) is 6.87. The summed E-state index contributed by atoms with van der Waals surface area (Å²) in [5, 5.41) is 0. The van der Waals surface area contributed by atoms with Gasteiger partial charge in [-0.2, -0.15) is 0 Å². The van der Waals surface area contributed by atoms with Gasteiger partial charge >= 0.3 is 6.03 Å². The first-order valence-electron chi connectivity index (χ1n) is 3.93. The number of carbonyl (C=O) groups is 2. The lowest BCUT2D eigenvalue weighted by Gasteiger charge is -2.28. The molecule has 0 radical (unpaired) electrons. The molecule has 1 heterocycles. The molecule has 1 rings (SSSR count). The Morgan fingerprint density at radius 3 is 2.69 bits per heavy atom. The summed E-state index contributed by atoms with van der Waals surface area (Å²) in [6.07, 6.45) is -2.20. The van der Waals surface area contributed by atoms with Gasteiger partial charge in [0.2, 0.25) is 12.3 Å². The number of alkyl halides is 2. The van der Waals surface area contributed by atoms with Gasteiger partial charge in [0, 0.05) is 6.54 Å². The zero-order valence-corrected chi connectivity index (χ0v) is 6.87. The molecule has 1 saturated heterocycles. The number of halogens is 2. The number of hydrogen-bond acceptors (Lipinski definition) is 2. The maximum absolute atomic E-state index is 12.2. The largest absolute Gasteiger partial charge is 0.351 e. The van der Waals surface area contributed by atoms with E-state index in [0.29, 0.717) is 11.3 Å². The summed E-state index contributed by atoms with van der Waals surface area (Å²) in [5.74, 6) is -2.21. The number of nitrogens with zero attached hydrogens (tertiary/aromatic N) is 1. The van der Waals surface area contributed by atoms with Crippen LogP contribution in [0.1, 0.15) is 12.8 Å². The summed E-state index contributed by atoms with van der Waals surface area (Å²) >= 11 is 0. The molecule has 2 N–H and O–H groups in total. The van der Waals surface area contributed by atoms with Gasteiger partial charge in [-0.25, -0.2) is 13.6 Å². The van der Waals surface area contributed by atoms with E-state index in [1.165, 1.54) is 0 Å². The third-order valence-corrected chi connectivity index (χ3v) is 2.05. The van der Waals surface area contributed by atoms with Crippen molar-refractivity contribution in [3.8, 4) is 0 Å². The van der Waals surface area contributed by atoms with Gasteiger partial charge in [-0.15, -0.1) is 0 Å². The van der Waals surface area contributed by atoms with Crippen LogP contribution in [0.2, 0.25) is 0 Å². The molecule has 0 aliphatic carbocycles. The third-order valence-electron chi connectivity index (χ3n) is 2.05. The Kier molecular flexibility index (Phi) is 2.79. The molecule has 1 aliphatic rings. The fourth-order valence-electron chi connectivity index (χ4n) is 1.36. The quantitative estimate of drug-likeness (QED) is 0.660. The Morgan fingerprint density at radius 2 is 2.23 bits per heavy atom. The molecule has 1 unspecified atom stereocenters. The molecular formula is C7H10F2N2O2. The summed E-state index contributed by atoms with van der Waals surface area (Å²) in [6.45, 7) is 0.150. The monoisotopic (exact) mass is 192 g/mol.